The lowest BCUT2D eigenvalue weighted by atomic mass is 9.84. The highest BCUT2D eigenvalue weighted by Crippen LogP contribution is 2.29. The first-order valence-corrected chi connectivity index (χ1v) is 8.47. The molecule has 126 valence electrons. The lowest BCUT2D eigenvalue weighted by molar-refractivity contribution is -0.139. The number of carbonyl (C=O) groups is 1. The van der Waals surface area contributed by atoms with E-state index in [9.17, 15) is 13.6 Å². The number of amides is 1. The van der Waals surface area contributed by atoms with Crippen molar-refractivity contribution < 1.29 is 13.6 Å². The molecular formula is C18H24F2N2O. The molecule has 0 radical (unpaired) electrons. The number of piperidine rings is 1. The molecule has 3 nitrogen and oxygen atoms in total. The Kier molecular flexibility index (Phi) is 4.95. The molecule has 1 saturated carbocycles. The monoisotopic (exact) mass is 322 g/mol. The van der Waals surface area contributed by atoms with Crippen LogP contribution in [0.5, 0.6) is 0 Å². The van der Waals surface area contributed by atoms with Gasteiger partial charge in [-0.15, -0.1) is 0 Å². The van der Waals surface area contributed by atoms with Crippen molar-refractivity contribution in [2.24, 2.45) is 5.92 Å². The highest BCUT2D eigenvalue weighted by molar-refractivity contribution is 5.79. The van der Waals surface area contributed by atoms with Crippen LogP contribution in [0.2, 0.25) is 0 Å². The molecule has 0 atom stereocenters. The molecule has 0 unspecified atom stereocenters. The summed E-state index contributed by atoms with van der Waals surface area (Å²) in [5.74, 6) is -0.238. The zero-order valence-electron chi connectivity index (χ0n) is 13.6. The maximum Gasteiger partial charge on any atom is 0.225 e. The van der Waals surface area contributed by atoms with Gasteiger partial charge in [-0.25, -0.2) is 8.78 Å². The van der Waals surface area contributed by atoms with E-state index in [2.05, 4.69) is 4.90 Å². The predicted molar refractivity (Wildman–Crippen MR) is 84.8 cm³/mol. The lowest BCUT2D eigenvalue weighted by Crippen LogP contribution is -2.48. The van der Waals surface area contributed by atoms with Crippen LogP contribution in [0.3, 0.4) is 0 Å². The molecule has 1 aliphatic heterocycles. The second-order valence-corrected chi connectivity index (χ2v) is 6.82. The van der Waals surface area contributed by atoms with Crippen LogP contribution in [0.25, 0.3) is 0 Å². The van der Waals surface area contributed by atoms with Crippen LogP contribution in [0.15, 0.2) is 18.2 Å². The Morgan fingerprint density at radius 3 is 2.52 bits per heavy atom. The zero-order valence-corrected chi connectivity index (χ0v) is 13.6. The average Bonchev–Trinajstić information content (AvgIpc) is 2.49. The van der Waals surface area contributed by atoms with Gasteiger partial charge in [0.2, 0.25) is 5.91 Å². The molecule has 1 aliphatic carbocycles. The fourth-order valence-corrected chi connectivity index (χ4v) is 3.49. The summed E-state index contributed by atoms with van der Waals surface area (Å²) in [4.78, 5) is 16.4. The smallest absolute Gasteiger partial charge is 0.225 e. The van der Waals surface area contributed by atoms with Crippen LogP contribution in [0, 0.1) is 17.6 Å². The molecule has 2 fully saturated rings. The minimum absolute atomic E-state index is 0.236. The van der Waals surface area contributed by atoms with Gasteiger partial charge in [0.15, 0.2) is 0 Å². The van der Waals surface area contributed by atoms with E-state index in [1.54, 1.807) is 0 Å². The minimum Gasteiger partial charge on any atom is -0.342 e. The Morgan fingerprint density at radius 1 is 1.22 bits per heavy atom. The standard InChI is InChI=1S/C18H24F2N2O/c1-21(18(23)13-3-2-4-13)16-7-9-22(10-8-16)12-14-11-15(19)5-6-17(14)20/h5-6,11,13,16H,2-4,7-10,12H2,1H3. The van der Waals surface area contributed by atoms with E-state index in [0.717, 1.165) is 44.8 Å². The fourth-order valence-electron chi connectivity index (χ4n) is 3.49. The second-order valence-electron chi connectivity index (χ2n) is 6.82. The number of nitrogens with zero attached hydrogens (tertiary/aromatic N) is 2. The third-order valence-corrected chi connectivity index (χ3v) is 5.31. The molecule has 0 bridgehead atoms. The molecule has 5 heteroatoms. The van der Waals surface area contributed by atoms with Gasteiger partial charge in [0.1, 0.15) is 11.6 Å². The first-order valence-electron chi connectivity index (χ1n) is 8.47. The average molecular weight is 322 g/mol. The van der Waals surface area contributed by atoms with Gasteiger partial charge in [-0.1, -0.05) is 6.42 Å². The molecule has 0 spiro atoms. The summed E-state index contributed by atoms with van der Waals surface area (Å²) in [5.41, 5.74) is 0.405. The van der Waals surface area contributed by atoms with Crippen molar-refractivity contribution in [3.63, 3.8) is 0 Å². The first kappa shape index (κ1) is 16.4. The highest BCUT2D eigenvalue weighted by Gasteiger charge is 2.32. The number of hydrogen-bond acceptors (Lipinski definition) is 2. The topological polar surface area (TPSA) is 23.6 Å². The number of likely N-dealkylation sites (tertiary alicyclic amines) is 1. The van der Waals surface area contributed by atoms with Crippen molar-refractivity contribution in [3.8, 4) is 0 Å². The van der Waals surface area contributed by atoms with Gasteiger partial charge in [0.25, 0.3) is 0 Å². The molecule has 3 rings (SSSR count). The largest absolute Gasteiger partial charge is 0.342 e. The summed E-state index contributed by atoms with van der Waals surface area (Å²) < 4.78 is 27.0. The molecule has 0 aromatic heterocycles. The summed E-state index contributed by atoms with van der Waals surface area (Å²) in [7, 11) is 1.91. The van der Waals surface area contributed by atoms with Crippen LogP contribution in [0.4, 0.5) is 8.78 Å². The van der Waals surface area contributed by atoms with Crippen LogP contribution < -0.4 is 0 Å². The molecule has 23 heavy (non-hydrogen) atoms. The third-order valence-electron chi connectivity index (χ3n) is 5.31. The van der Waals surface area contributed by atoms with Crippen molar-refractivity contribution in [1.82, 2.24) is 9.80 Å². The zero-order chi connectivity index (χ0) is 16.4. The number of carbonyl (C=O) groups excluding carboxylic acids is 1. The summed E-state index contributed by atoms with van der Waals surface area (Å²) in [5, 5.41) is 0. The number of hydrogen-bond donors (Lipinski definition) is 0. The summed E-state index contributed by atoms with van der Waals surface area (Å²) in [6.07, 6.45) is 5.02. The van der Waals surface area contributed by atoms with E-state index in [-0.39, 0.29) is 23.7 Å². The van der Waals surface area contributed by atoms with Crippen LogP contribution in [-0.4, -0.2) is 41.9 Å². The number of halogens is 2. The van der Waals surface area contributed by atoms with Gasteiger partial charge in [0.05, 0.1) is 0 Å². The van der Waals surface area contributed by atoms with Gasteiger partial charge in [-0.2, -0.15) is 0 Å². The molecule has 2 aliphatic rings. The van der Waals surface area contributed by atoms with Crippen molar-refractivity contribution in [2.75, 3.05) is 20.1 Å². The van der Waals surface area contributed by atoms with E-state index in [1.165, 1.54) is 18.6 Å². The summed E-state index contributed by atoms with van der Waals surface area (Å²) in [6, 6.07) is 3.87. The number of benzene rings is 1. The van der Waals surface area contributed by atoms with Crippen molar-refractivity contribution in [2.45, 2.75) is 44.7 Å². The summed E-state index contributed by atoms with van der Waals surface area (Å²) >= 11 is 0. The second kappa shape index (κ2) is 6.95. The van der Waals surface area contributed by atoms with E-state index >= 15 is 0 Å². The van der Waals surface area contributed by atoms with E-state index in [1.807, 2.05) is 11.9 Å². The Balaban J connectivity index is 1.52. The van der Waals surface area contributed by atoms with Gasteiger partial charge in [-0.3, -0.25) is 9.69 Å². The maximum atomic E-state index is 13.7. The minimum atomic E-state index is -0.401. The van der Waals surface area contributed by atoms with E-state index in [0.29, 0.717) is 12.1 Å². The summed E-state index contributed by atoms with van der Waals surface area (Å²) in [6.45, 7) is 2.04. The quantitative estimate of drug-likeness (QED) is 0.850. The molecule has 1 amide bonds. The van der Waals surface area contributed by atoms with Gasteiger partial charge < -0.3 is 4.90 Å². The first-order chi connectivity index (χ1) is 11.0. The fraction of sp³-hybridized carbons (Fsp3) is 0.611. The molecule has 1 aromatic carbocycles. The van der Waals surface area contributed by atoms with Crippen LogP contribution in [-0.2, 0) is 11.3 Å². The molecule has 1 heterocycles. The molecular weight excluding hydrogens is 298 g/mol. The Labute approximate surface area is 136 Å². The Morgan fingerprint density at radius 2 is 1.91 bits per heavy atom. The van der Waals surface area contributed by atoms with Gasteiger partial charge in [0, 0.05) is 44.2 Å². The van der Waals surface area contributed by atoms with Crippen molar-refractivity contribution >= 4 is 5.91 Å². The predicted octanol–water partition coefficient (Wildman–Crippen LogP) is 3.19. The van der Waals surface area contributed by atoms with E-state index < -0.39 is 5.82 Å². The van der Waals surface area contributed by atoms with Crippen LogP contribution in [0.1, 0.15) is 37.7 Å². The molecule has 0 N–H and O–H groups in total. The highest BCUT2D eigenvalue weighted by atomic mass is 19.1. The Bertz CT molecular complexity index is 566. The van der Waals surface area contributed by atoms with Gasteiger partial charge >= 0.3 is 0 Å². The maximum absolute atomic E-state index is 13.7. The SMILES string of the molecule is CN(C(=O)C1CCC1)C1CCN(Cc2cc(F)ccc2F)CC1. The third kappa shape index (κ3) is 3.71. The Hall–Kier alpha value is -1.49. The van der Waals surface area contributed by atoms with Crippen molar-refractivity contribution in [3.05, 3.63) is 35.4 Å². The van der Waals surface area contributed by atoms with Crippen molar-refractivity contribution in [1.29, 1.82) is 0 Å². The number of rotatable bonds is 4. The normalized spacial score (nSPS) is 20.3. The van der Waals surface area contributed by atoms with Gasteiger partial charge in [-0.05, 0) is 43.9 Å². The molecule has 1 saturated heterocycles. The van der Waals surface area contributed by atoms with Crippen LogP contribution >= 0.6 is 0 Å². The lowest BCUT2D eigenvalue weighted by Gasteiger charge is -2.39. The van der Waals surface area contributed by atoms with E-state index in [4.69, 9.17) is 0 Å². The molecule has 1 aromatic rings.